The summed E-state index contributed by atoms with van der Waals surface area (Å²) in [6.07, 6.45) is 0.101. The van der Waals surface area contributed by atoms with Gasteiger partial charge >= 0.3 is 0 Å². The molecule has 1 N–H and O–H groups in total. The highest BCUT2D eigenvalue weighted by Gasteiger charge is 2.17. The maximum absolute atomic E-state index is 12.2. The van der Waals surface area contributed by atoms with Crippen molar-refractivity contribution in [3.05, 3.63) is 60.2 Å². The highest BCUT2D eigenvalue weighted by Crippen LogP contribution is 2.19. The van der Waals surface area contributed by atoms with Crippen molar-refractivity contribution >= 4 is 5.91 Å². The molecule has 0 unspecified atom stereocenters. The molecule has 0 bridgehead atoms. The molecule has 0 aromatic heterocycles. The van der Waals surface area contributed by atoms with Crippen molar-refractivity contribution in [2.45, 2.75) is 26.0 Å². The average molecular weight is 299 g/mol. The number of amides is 1. The van der Waals surface area contributed by atoms with Gasteiger partial charge in [0.1, 0.15) is 11.5 Å². The van der Waals surface area contributed by atoms with Gasteiger partial charge in [-0.2, -0.15) is 0 Å². The van der Waals surface area contributed by atoms with E-state index in [1.54, 1.807) is 19.2 Å². The molecule has 0 heterocycles. The number of ether oxygens (including phenoxy) is 2. The Morgan fingerprint density at radius 3 is 2.27 bits per heavy atom. The topological polar surface area (TPSA) is 47.6 Å². The molecule has 116 valence electrons. The van der Waals surface area contributed by atoms with Gasteiger partial charge in [0.05, 0.1) is 7.11 Å². The molecule has 2 rings (SSSR count). The highest BCUT2D eigenvalue weighted by atomic mass is 16.5. The van der Waals surface area contributed by atoms with E-state index in [0.29, 0.717) is 18.7 Å². The lowest BCUT2D eigenvalue weighted by Gasteiger charge is -2.17. The minimum absolute atomic E-state index is 0.109. The summed E-state index contributed by atoms with van der Waals surface area (Å²) in [5, 5.41) is 2.90. The first-order chi connectivity index (χ1) is 10.7. The van der Waals surface area contributed by atoms with Gasteiger partial charge in [-0.1, -0.05) is 37.3 Å². The summed E-state index contributed by atoms with van der Waals surface area (Å²) in [7, 11) is 1.61. The zero-order chi connectivity index (χ0) is 15.8. The van der Waals surface area contributed by atoms with E-state index in [4.69, 9.17) is 9.47 Å². The number of hydrogen-bond donors (Lipinski definition) is 1. The number of hydrogen-bond acceptors (Lipinski definition) is 3. The zero-order valence-corrected chi connectivity index (χ0v) is 12.9. The van der Waals surface area contributed by atoms with E-state index >= 15 is 0 Å². The molecule has 4 heteroatoms. The number of nitrogens with one attached hydrogen (secondary N) is 1. The van der Waals surface area contributed by atoms with Crippen LogP contribution in [0.5, 0.6) is 11.5 Å². The smallest absolute Gasteiger partial charge is 0.261 e. The Labute approximate surface area is 131 Å². The van der Waals surface area contributed by atoms with Crippen LogP contribution in [0.2, 0.25) is 0 Å². The van der Waals surface area contributed by atoms with Crippen molar-refractivity contribution in [2.75, 3.05) is 7.11 Å². The van der Waals surface area contributed by atoms with E-state index in [9.17, 15) is 4.79 Å². The molecule has 0 aliphatic rings. The van der Waals surface area contributed by atoms with E-state index in [0.717, 1.165) is 11.3 Å². The van der Waals surface area contributed by atoms with Gasteiger partial charge in [0, 0.05) is 6.54 Å². The molecule has 1 atom stereocenters. The zero-order valence-electron chi connectivity index (χ0n) is 12.9. The minimum Gasteiger partial charge on any atom is -0.497 e. The van der Waals surface area contributed by atoms with Crippen LogP contribution in [0.1, 0.15) is 18.9 Å². The maximum Gasteiger partial charge on any atom is 0.261 e. The van der Waals surface area contributed by atoms with Crippen LogP contribution in [0.25, 0.3) is 0 Å². The van der Waals surface area contributed by atoms with Gasteiger partial charge in [0.2, 0.25) is 0 Å². The first kappa shape index (κ1) is 15.9. The quantitative estimate of drug-likeness (QED) is 0.854. The molecule has 2 aromatic carbocycles. The Bertz CT molecular complexity index is 581. The molecule has 0 spiro atoms. The van der Waals surface area contributed by atoms with Crippen molar-refractivity contribution in [3.8, 4) is 11.5 Å². The van der Waals surface area contributed by atoms with Crippen molar-refractivity contribution in [1.82, 2.24) is 5.32 Å². The van der Waals surface area contributed by atoms with Crippen molar-refractivity contribution in [2.24, 2.45) is 0 Å². The van der Waals surface area contributed by atoms with E-state index in [1.165, 1.54) is 0 Å². The predicted molar refractivity (Wildman–Crippen MR) is 86.0 cm³/mol. The summed E-state index contributed by atoms with van der Waals surface area (Å²) in [5.41, 5.74) is 1.06. The van der Waals surface area contributed by atoms with Crippen LogP contribution in [0.4, 0.5) is 0 Å². The van der Waals surface area contributed by atoms with Crippen molar-refractivity contribution in [3.63, 3.8) is 0 Å². The Morgan fingerprint density at radius 2 is 1.68 bits per heavy atom. The molecule has 0 aliphatic heterocycles. The van der Waals surface area contributed by atoms with Gasteiger partial charge < -0.3 is 14.8 Å². The summed E-state index contributed by atoms with van der Waals surface area (Å²) in [6, 6.07) is 17.0. The molecule has 0 aliphatic carbocycles. The first-order valence-corrected chi connectivity index (χ1v) is 7.35. The standard InChI is InChI=1S/C18H21NO3/c1-3-17(22-16-11-9-15(21-2)10-12-16)18(20)19-13-14-7-5-4-6-8-14/h4-12,17H,3,13H2,1-2H3,(H,19,20)/t17-/m0/s1. The van der Waals surface area contributed by atoms with Crippen LogP contribution in [0.15, 0.2) is 54.6 Å². The van der Waals surface area contributed by atoms with Crippen LogP contribution >= 0.6 is 0 Å². The number of methoxy groups -OCH3 is 1. The second-order valence-corrected chi connectivity index (χ2v) is 4.89. The van der Waals surface area contributed by atoms with Gasteiger partial charge in [-0.3, -0.25) is 4.79 Å². The monoisotopic (exact) mass is 299 g/mol. The van der Waals surface area contributed by atoms with Crippen molar-refractivity contribution < 1.29 is 14.3 Å². The fourth-order valence-electron chi connectivity index (χ4n) is 2.04. The normalized spacial score (nSPS) is 11.5. The molecule has 1 amide bonds. The van der Waals surface area contributed by atoms with Crippen LogP contribution in [0.3, 0.4) is 0 Å². The molecule has 22 heavy (non-hydrogen) atoms. The minimum atomic E-state index is -0.503. The second-order valence-electron chi connectivity index (χ2n) is 4.89. The number of benzene rings is 2. The summed E-state index contributed by atoms with van der Waals surface area (Å²) >= 11 is 0. The number of carbonyl (C=O) groups is 1. The van der Waals surface area contributed by atoms with Gasteiger partial charge in [0.15, 0.2) is 6.10 Å². The van der Waals surface area contributed by atoms with Gasteiger partial charge in [-0.25, -0.2) is 0 Å². The summed E-state index contributed by atoms with van der Waals surface area (Å²) < 4.78 is 10.8. The molecule has 0 fully saturated rings. The molecular formula is C18H21NO3. The van der Waals surface area contributed by atoms with Crippen LogP contribution in [-0.4, -0.2) is 19.1 Å². The van der Waals surface area contributed by atoms with Gasteiger partial charge in [0.25, 0.3) is 5.91 Å². The number of carbonyl (C=O) groups excluding carboxylic acids is 1. The fourth-order valence-corrected chi connectivity index (χ4v) is 2.04. The largest absolute Gasteiger partial charge is 0.497 e. The molecule has 4 nitrogen and oxygen atoms in total. The van der Waals surface area contributed by atoms with E-state index in [1.807, 2.05) is 49.4 Å². The maximum atomic E-state index is 12.2. The Balaban J connectivity index is 1.90. The van der Waals surface area contributed by atoms with E-state index in [2.05, 4.69) is 5.32 Å². The molecular weight excluding hydrogens is 278 g/mol. The third-order valence-corrected chi connectivity index (χ3v) is 3.31. The highest BCUT2D eigenvalue weighted by molar-refractivity contribution is 5.81. The Kier molecular flexibility index (Phi) is 5.83. The second kappa shape index (κ2) is 8.08. The lowest BCUT2D eigenvalue weighted by atomic mass is 10.2. The van der Waals surface area contributed by atoms with E-state index in [-0.39, 0.29) is 5.91 Å². The van der Waals surface area contributed by atoms with Gasteiger partial charge in [-0.05, 0) is 36.2 Å². The molecule has 0 radical (unpaired) electrons. The molecule has 2 aromatic rings. The van der Waals surface area contributed by atoms with E-state index < -0.39 is 6.10 Å². The Hall–Kier alpha value is -2.49. The predicted octanol–water partition coefficient (Wildman–Crippen LogP) is 3.17. The van der Waals surface area contributed by atoms with Crippen LogP contribution < -0.4 is 14.8 Å². The average Bonchev–Trinajstić information content (AvgIpc) is 2.59. The Morgan fingerprint density at radius 1 is 1.05 bits per heavy atom. The lowest BCUT2D eigenvalue weighted by molar-refractivity contribution is -0.128. The van der Waals surface area contributed by atoms with Crippen LogP contribution in [-0.2, 0) is 11.3 Å². The molecule has 0 saturated carbocycles. The van der Waals surface area contributed by atoms with Crippen molar-refractivity contribution in [1.29, 1.82) is 0 Å². The first-order valence-electron chi connectivity index (χ1n) is 7.35. The summed E-state index contributed by atoms with van der Waals surface area (Å²) in [6.45, 7) is 2.43. The fraction of sp³-hybridized carbons (Fsp3) is 0.278. The third kappa shape index (κ3) is 4.52. The SMILES string of the molecule is CC[C@H](Oc1ccc(OC)cc1)C(=O)NCc1ccccc1. The number of rotatable bonds is 7. The van der Waals surface area contributed by atoms with Crippen LogP contribution in [0, 0.1) is 0 Å². The third-order valence-electron chi connectivity index (χ3n) is 3.31. The summed E-state index contributed by atoms with van der Waals surface area (Å²) in [4.78, 5) is 12.2. The van der Waals surface area contributed by atoms with Gasteiger partial charge in [-0.15, -0.1) is 0 Å². The summed E-state index contributed by atoms with van der Waals surface area (Å²) in [5.74, 6) is 1.30. The molecule has 0 saturated heterocycles. The lowest BCUT2D eigenvalue weighted by Crippen LogP contribution is -2.37.